The fraction of sp³-hybridized carbons (Fsp3) is 0.833. The lowest BCUT2D eigenvalue weighted by Gasteiger charge is -2.17. The molecular weight excluding hydrogens is 218 g/mol. The molecular formula is C12H23N3O2. The first kappa shape index (κ1) is 14.1. The monoisotopic (exact) mass is 241 g/mol. The van der Waals surface area contributed by atoms with Gasteiger partial charge in [0.05, 0.1) is 5.92 Å². The highest BCUT2D eigenvalue weighted by molar-refractivity contribution is 5.01. The minimum Gasteiger partial charge on any atom is -0.371 e. The molecule has 1 heterocycles. The molecule has 0 fully saturated rings. The van der Waals surface area contributed by atoms with Crippen molar-refractivity contribution < 1.29 is 9.26 Å². The highest BCUT2D eigenvalue weighted by atomic mass is 16.5. The van der Waals surface area contributed by atoms with Crippen LogP contribution in [0.1, 0.15) is 51.7 Å². The fourth-order valence-electron chi connectivity index (χ4n) is 1.60. The zero-order chi connectivity index (χ0) is 13.1. The highest BCUT2D eigenvalue weighted by Crippen LogP contribution is 2.25. The molecule has 1 aromatic heterocycles. The van der Waals surface area contributed by atoms with Crippen LogP contribution in [-0.2, 0) is 10.3 Å². The lowest BCUT2D eigenvalue weighted by molar-refractivity contribution is 0.00973. The fourth-order valence-corrected chi connectivity index (χ4v) is 1.60. The van der Waals surface area contributed by atoms with Gasteiger partial charge in [0, 0.05) is 13.7 Å². The molecule has 0 spiro atoms. The Morgan fingerprint density at radius 1 is 1.41 bits per heavy atom. The van der Waals surface area contributed by atoms with E-state index in [1.807, 2.05) is 13.8 Å². The largest absolute Gasteiger partial charge is 0.371 e. The van der Waals surface area contributed by atoms with Crippen LogP contribution in [0.25, 0.3) is 0 Å². The molecule has 0 aliphatic heterocycles. The van der Waals surface area contributed by atoms with Crippen molar-refractivity contribution in [3.8, 4) is 0 Å². The van der Waals surface area contributed by atoms with Gasteiger partial charge in [0.2, 0.25) is 11.7 Å². The van der Waals surface area contributed by atoms with E-state index in [2.05, 4.69) is 24.0 Å². The smallest absolute Gasteiger partial charge is 0.231 e. The summed E-state index contributed by atoms with van der Waals surface area (Å²) in [6.07, 6.45) is 0.950. The predicted molar refractivity (Wildman–Crippen MR) is 65.6 cm³/mol. The number of hydrogen-bond donors (Lipinski definition) is 1. The van der Waals surface area contributed by atoms with Crippen molar-refractivity contribution >= 4 is 0 Å². The van der Waals surface area contributed by atoms with Crippen molar-refractivity contribution in [2.24, 2.45) is 11.7 Å². The van der Waals surface area contributed by atoms with Gasteiger partial charge in [0.25, 0.3) is 0 Å². The Balaban J connectivity index is 2.85. The van der Waals surface area contributed by atoms with E-state index in [9.17, 15) is 0 Å². The zero-order valence-corrected chi connectivity index (χ0v) is 11.4. The number of hydrogen-bond acceptors (Lipinski definition) is 5. The van der Waals surface area contributed by atoms with Crippen LogP contribution in [0.3, 0.4) is 0 Å². The molecule has 5 nitrogen and oxygen atoms in total. The Hall–Kier alpha value is -0.940. The Kier molecular flexibility index (Phi) is 4.65. The van der Waals surface area contributed by atoms with Crippen molar-refractivity contribution in [3.63, 3.8) is 0 Å². The summed E-state index contributed by atoms with van der Waals surface area (Å²) in [5, 5.41) is 3.97. The number of nitrogens with zero attached hydrogens (tertiary/aromatic N) is 2. The molecule has 1 rings (SSSR count). The van der Waals surface area contributed by atoms with E-state index in [4.69, 9.17) is 15.0 Å². The minimum absolute atomic E-state index is 0.129. The summed E-state index contributed by atoms with van der Waals surface area (Å²) in [6, 6.07) is 0. The Morgan fingerprint density at radius 2 is 2.06 bits per heavy atom. The van der Waals surface area contributed by atoms with E-state index in [0.29, 0.717) is 24.2 Å². The molecule has 2 N–H and O–H groups in total. The number of nitrogens with two attached hydrogens (primary N) is 1. The molecule has 1 aromatic rings. The first-order chi connectivity index (χ1) is 7.90. The van der Waals surface area contributed by atoms with Gasteiger partial charge in [-0.25, -0.2) is 0 Å². The molecule has 0 aliphatic rings. The molecule has 0 radical (unpaired) electrons. The molecule has 98 valence electrons. The van der Waals surface area contributed by atoms with E-state index in [1.165, 1.54) is 0 Å². The van der Waals surface area contributed by atoms with Crippen LogP contribution >= 0.6 is 0 Å². The van der Waals surface area contributed by atoms with Gasteiger partial charge in [-0.3, -0.25) is 0 Å². The average Bonchev–Trinajstić information content (AvgIpc) is 2.75. The first-order valence-electron chi connectivity index (χ1n) is 6.00. The molecule has 0 aromatic carbocycles. The van der Waals surface area contributed by atoms with Crippen molar-refractivity contribution in [2.45, 2.75) is 45.6 Å². The summed E-state index contributed by atoms with van der Waals surface area (Å²) in [5.74, 6) is 1.86. The maximum Gasteiger partial charge on any atom is 0.231 e. The van der Waals surface area contributed by atoms with Gasteiger partial charge in [0.1, 0.15) is 5.60 Å². The van der Waals surface area contributed by atoms with Gasteiger partial charge in [0.15, 0.2) is 0 Å². The minimum atomic E-state index is -0.529. The summed E-state index contributed by atoms with van der Waals surface area (Å²) < 4.78 is 10.6. The SMILES string of the molecule is COC(C)(C)c1noc(C(CN)CC(C)C)n1. The normalized spacial score (nSPS) is 14.3. The van der Waals surface area contributed by atoms with E-state index >= 15 is 0 Å². The van der Waals surface area contributed by atoms with Crippen molar-refractivity contribution in [3.05, 3.63) is 11.7 Å². The molecule has 0 bridgehead atoms. The van der Waals surface area contributed by atoms with Gasteiger partial charge in [-0.1, -0.05) is 19.0 Å². The zero-order valence-electron chi connectivity index (χ0n) is 11.4. The summed E-state index contributed by atoms with van der Waals surface area (Å²) in [7, 11) is 1.63. The van der Waals surface area contributed by atoms with Crippen molar-refractivity contribution in [1.29, 1.82) is 0 Å². The van der Waals surface area contributed by atoms with Crippen LogP contribution < -0.4 is 5.73 Å². The van der Waals surface area contributed by atoms with Gasteiger partial charge in [-0.15, -0.1) is 0 Å². The predicted octanol–water partition coefficient (Wildman–Crippen LogP) is 2.04. The van der Waals surface area contributed by atoms with E-state index in [0.717, 1.165) is 6.42 Å². The van der Waals surface area contributed by atoms with E-state index < -0.39 is 5.60 Å². The Bertz CT molecular complexity index is 347. The summed E-state index contributed by atoms with van der Waals surface area (Å²) in [5.41, 5.74) is 5.22. The molecule has 17 heavy (non-hydrogen) atoms. The number of methoxy groups -OCH3 is 1. The Morgan fingerprint density at radius 3 is 2.53 bits per heavy atom. The molecule has 1 unspecified atom stereocenters. The summed E-state index contributed by atoms with van der Waals surface area (Å²) >= 11 is 0. The van der Waals surface area contributed by atoms with Crippen LogP contribution in [0.15, 0.2) is 4.52 Å². The van der Waals surface area contributed by atoms with Crippen molar-refractivity contribution in [2.75, 3.05) is 13.7 Å². The van der Waals surface area contributed by atoms with Gasteiger partial charge in [-0.2, -0.15) is 4.98 Å². The van der Waals surface area contributed by atoms with Crippen molar-refractivity contribution in [1.82, 2.24) is 10.1 Å². The molecule has 0 saturated carbocycles. The molecule has 5 heteroatoms. The molecule has 0 saturated heterocycles. The second kappa shape index (κ2) is 5.60. The average molecular weight is 241 g/mol. The number of rotatable bonds is 6. The quantitative estimate of drug-likeness (QED) is 0.825. The van der Waals surface area contributed by atoms with Gasteiger partial charge in [-0.05, 0) is 26.2 Å². The molecule has 0 aliphatic carbocycles. The summed E-state index contributed by atoms with van der Waals surface area (Å²) in [4.78, 5) is 4.39. The van der Waals surface area contributed by atoms with Crippen LogP contribution in [0, 0.1) is 5.92 Å². The second-order valence-corrected chi connectivity index (χ2v) is 5.23. The maximum atomic E-state index is 5.74. The topological polar surface area (TPSA) is 74.2 Å². The standard InChI is InChI=1S/C12H23N3O2/c1-8(2)6-9(7-13)10-14-11(15-17-10)12(3,4)16-5/h8-9H,6-7,13H2,1-5H3. The molecule has 0 amide bonds. The van der Waals surface area contributed by atoms with Crippen LogP contribution in [0.5, 0.6) is 0 Å². The summed E-state index contributed by atoms with van der Waals surface area (Å²) in [6.45, 7) is 8.63. The number of aromatic nitrogens is 2. The lowest BCUT2D eigenvalue weighted by atomic mass is 9.97. The number of ether oxygens (including phenoxy) is 1. The van der Waals surface area contributed by atoms with Crippen LogP contribution in [-0.4, -0.2) is 23.8 Å². The third-order valence-electron chi connectivity index (χ3n) is 2.88. The first-order valence-corrected chi connectivity index (χ1v) is 6.00. The van der Waals surface area contributed by atoms with Gasteiger partial charge >= 0.3 is 0 Å². The maximum absolute atomic E-state index is 5.74. The molecule has 1 atom stereocenters. The van der Waals surface area contributed by atoms with E-state index in [1.54, 1.807) is 7.11 Å². The Labute approximate surface area is 103 Å². The van der Waals surface area contributed by atoms with Gasteiger partial charge < -0.3 is 15.0 Å². The second-order valence-electron chi connectivity index (χ2n) is 5.23. The van der Waals surface area contributed by atoms with E-state index in [-0.39, 0.29) is 5.92 Å². The van der Waals surface area contributed by atoms with Crippen LogP contribution in [0.2, 0.25) is 0 Å². The third-order valence-corrected chi connectivity index (χ3v) is 2.88. The third kappa shape index (κ3) is 3.51. The lowest BCUT2D eigenvalue weighted by Crippen LogP contribution is -2.21. The van der Waals surface area contributed by atoms with Crippen LogP contribution in [0.4, 0.5) is 0 Å². The highest BCUT2D eigenvalue weighted by Gasteiger charge is 2.28.